The summed E-state index contributed by atoms with van der Waals surface area (Å²) in [6.45, 7) is 10.0. The number of amides is 1. The minimum Gasteiger partial charge on any atom is -0.456 e. The number of ether oxygens (including phenoxy) is 1. The molecule has 140 valence electrons. The van der Waals surface area contributed by atoms with Gasteiger partial charge in [0.25, 0.3) is 5.91 Å². The Morgan fingerprint density at radius 3 is 2.50 bits per heavy atom. The van der Waals surface area contributed by atoms with Gasteiger partial charge in [0.15, 0.2) is 6.61 Å². The molecule has 0 aliphatic rings. The lowest BCUT2D eigenvalue weighted by atomic mass is 10.0. The molecule has 1 aromatic carbocycles. The Kier molecular flexibility index (Phi) is 6.55. The van der Waals surface area contributed by atoms with E-state index in [9.17, 15) is 9.59 Å². The van der Waals surface area contributed by atoms with E-state index in [2.05, 4.69) is 16.5 Å². The molecule has 0 aliphatic heterocycles. The van der Waals surface area contributed by atoms with Crippen LogP contribution in [0.4, 0.5) is 0 Å². The predicted octanol–water partition coefficient (Wildman–Crippen LogP) is 2.93. The number of carbonyl (C=O) groups excluding carboxylic acids is 2. The number of aromatic nitrogens is 2. The second-order valence-corrected chi connectivity index (χ2v) is 6.69. The number of benzene rings is 1. The van der Waals surface area contributed by atoms with Crippen LogP contribution in [0.2, 0.25) is 0 Å². The van der Waals surface area contributed by atoms with Crippen molar-refractivity contribution in [1.82, 2.24) is 15.1 Å². The molecule has 0 radical (unpaired) electrons. The van der Waals surface area contributed by atoms with Crippen molar-refractivity contribution >= 4 is 11.9 Å². The lowest BCUT2D eigenvalue weighted by Crippen LogP contribution is -2.31. The Balaban J connectivity index is 1.76. The van der Waals surface area contributed by atoms with E-state index in [4.69, 9.17) is 4.74 Å². The molecule has 0 bridgehead atoms. The van der Waals surface area contributed by atoms with Crippen molar-refractivity contribution in [3.63, 3.8) is 0 Å². The quantitative estimate of drug-likeness (QED) is 0.773. The molecule has 0 saturated carbocycles. The van der Waals surface area contributed by atoms with Crippen LogP contribution in [0.5, 0.6) is 0 Å². The van der Waals surface area contributed by atoms with E-state index in [1.54, 1.807) is 4.68 Å². The second kappa shape index (κ2) is 8.65. The highest BCUT2D eigenvalue weighted by Crippen LogP contribution is 2.16. The molecule has 0 aliphatic carbocycles. The molecule has 1 unspecified atom stereocenters. The molecule has 0 spiro atoms. The molecule has 2 rings (SSSR count). The molecular weight excluding hydrogens is 330 g/mol. The maximum atomic E-state index is 12.0. The molecule has 1 aromatic heterocycles. The lowest BCUT2D eigenvalue weighted by Gasteiger charge is -2.16. The van der Waals surface area contributed by atoms with Gasteiger partial charge < -0.3 is 10.1 Å². The van der Waals surface area contributed by atoms with Crippen molar-refractivity contribution in [3.05, 3.63) is 52.3 Å². The maximum Gasteiger partial charge on any atom is 0.308 e. The Bertz CT molecular complexity index is 796. The van der Waals surface area contributed by atoms with Crippen LogP contribution in [-0.4, -0.2) is 28.3 Å². The average Bonchev–Trinajstić information content (AvgIpc) is 2.91. The molecule has 0 saturated heterocycles. The minimum absolute atomic E-state index is 0.143. The third-order valence-corrected chi connectivity index (χ3v) is 4.40. The van der Waals surface area contributed by atoms with Gasteiger partial charge in [-0.15, -0.1) is 0 Å². The van der Waals surface area contributed by atoms with Gasteiger partial charge in [0.1, 0.15) is 0 Å². The van der Waals surface area contributed by atoms with E-state index in [0.717, 1.165) is 17.0 Å². The van der Waals surface area contributed by atoms with Gasteiger partial charge in [0, 0.05) is 5.69 Å². The summed E-state index contributed by atoms with van der Waals surface area (Å²) in [7, 11) is 0. The zero-order chi connectivity index (χ0) is 19.3. The topological polar surface area (TPSA) is 73.2 Å². The van der Waals surface area contributed by atoms with Crippen molar-refractivity contribution in [2.24, 2.45) is 0 Å². The first-order valence-electron chi connectivity index (χ1n) is 8.79. The second-order valence-electron chi connectivity index (χ2n) is 6.69. The standard InChI is InChI=1S/C20H27N3O3/c1-13-6-7-18(10-14(13)2)17(5)21-19(24)12-26-20(25)8-9-23-16(4)11-15(3)22-23/h6-7,10-11,17H,8-9,12H2,1-5H3,(H,21,24). The first-order valence-corrected chi connectivity index (χ1v) is 8.79. The summed E-state index contributed by atoms with van der Waals surface area (Å²) in [5.74, 6) is -0.721. The smallest absolute Gasteiger partial charge is 0.308 e. The van der Waals surface area contributed by atoms with Crippen molar-refractivity contribution < 1.29 is 14.3 Å². The summed E-state index contributed by atoms with van der Waals surface area (Å²) in [5, 5.41) is 7.14. The third kappa shape index (κ3) is 5.44. The van der Waals surface area contributed by atoms with E-state index in [1.165, 1.54) is 11.1 Å². The SMILES string of the molecule is Cc1cc(C)n(CCC(=O)OCC(=O)NC(C)c2ccc(C)c(C)c2)n1. The number of esters is 1. The fourth-order valence-electron chi connectivity index (χ4n) is 2.72. The Morgan fingerprint density at radius 1 is 1.15 bits per heavy atom. The molecular formula is C20H27N3O3. The molecule has 6 nitrogen and oxygen atoms in total. The van der Waals surface area contributed by atoms with E-state index in [-0.39, 0.29) is 25.0 Å². The van der Waals surface area contributed by atoms with Gasteiger partial charge in [-0.05, 0) is 57.4 Å². The van der Waals surface area contributed by atoms with Crippen LogP contribution < -0.4 is 5.32 Å². The number of carbonyl (C=O) groups is 2. The normalized spacial score (nSPS) is 11.9. The van der Waals surface area contributed by atoms with E-state index in [0.29, 0.717) is 6.54 Å². The zero-order valence-electron chi connectivity index (χ0n) is 16.1. The molecule has 1 N–H and O–H groups in total. The minimum atomic E-state index is -0.411. The zero-order valence-corrected chi connectivity index (χ0v) is 16.1. The van der Waals surface area contributed by atoms with Gasteiger partial charge in [-0.2, -0.15) is 5.10 Å². The number of rotatable bonds is 7. The fourth-order valence-corrected chi connectivity index (χ4v) is 2.72. The summed E-state index contributed by atoms with van der Waals surface area (Å²) in [6, 6.07) is 7.89. The van der Waals surface area contributed by atoms with Crippen molar-refractivity contribution in [1.29, 1.82) is 0 Å². The number of nitrogens with one attached hydrogen (secondary N) is 1. The first kappa shape index (κ1) is 19.7. The van der Waals surface area contributed by atoms with Crippen LogP contribution in [-0.2, 0) is 20.9 Å². The van der Waals surface area contributed by atoms with Gasteiger partial charge in [0.05, 0.1) is 24.7 Å². The summed E-state index contributed by atoms with van der Waals surface area (Å²) >= 11 is 0. The maximum absolute atomic E-state index is 12.0. The van der Waals surface area contributed by atoms with Crippen LogP contribution >= 0.6 is 0 Å². The average molecular weight is 357 g/mol. The lowest BCUT2D eigenvalue weighted by molar-refractivity contribution is -0.149. The summed E-state index contributed by atoms with van der Waals surface area (Å²) in [6.07, 6.45) is 0.182. The van der Waals surface area contributed by atoms with Crippen molar-refractivity contribution in [3.8, 4) is 0 Å². The van der Waals surface area contributed by atoms with Crippen LogP contribution in [0.3, 0.4) is 0 Å². The number of hydrogen-bond acceptors (Lipinski definition) is 4. The van der Waals surface area contributed by atoms with Gasteiger partial charge >= 0.3 is 5.97 Å². The van der Waals surface area contributed by atoms with Crippen LogP contribution in [0.1, 0.15) is 47.5 Å². The van der Waals surface area contributed by atoms with Gasteiger partial charge in [-0.25, -0.2) is 0 Å². The van der Waals surface area contributed by atoms with Crippen LogP contribution in [0.15, 0.2) is 24.3 Å². The highest BCUT2D eigenvalue weighted by Gasteiger charge is 2.13. The van der Waals surface area contributed by atoms with E-state index in [1.807, 2.05) is 52.8 Å². The third-order valence-electron chi connectivity index (χ3n) is 4.40. The van der Waals surface area contributed by atoms with Crippen molar-refractivity contribution in [2.75, 3.05) is 6.61 Å². The summed E-state index contributed by atoms with van der Waals surface area (Å²) < 4.78 is 6.82. The van der Waals surface area contributed by atoms with E-state index < -0.39 is 5.97 Å². The number of hydrogen-bond donors (Lipinski definition) is 1. The largest absolute Gasteiger partial charge is 0.456 e. The molecule has 26 heavy (non-hydrogen) atoms. The van der Waals surface area contributed by atoms with Gasteiger partial charge in [0.2, 0.25) is 0 Å². The highest BCUT2D eigenvalue weighted by atomic mass is 16.5. The van der Waals surface area contributed by atoms with Crippen LogP contribution in [0, 0.1) is 27.7 Å². The molecule has 0 fully saturated rings. The number of aryl methyl sites for hydroxylation is 5. The van der Waals surface area contributed by atoms with E-state index >= 15 is 0 Å². The Morgan fingerprint density at radius 2 is 1.88 bits per heavy atom. The first-order chi connectivity index (χ1) is 12.3. The highest BCUT2D eigenvalue weighted by molar-refractivity contribution is 5.80. The fraction of sp³-hybridized carbons (Fsp3) is 0.450. The van der Waals surface area contributed by atoms with Gasteiger partial charge in [-0.3, -0.25) is 14.3 Å². The van der Waals surface area contributed by atoms with Gasteiger partial charge in [-0.1, -0.05) is 18.2 Å². The van der Waals surface area contributed by atoms with Crippen molar-refractivity contribution in [2.45, 2.75) is 53.6 Å². The monoisotopic (exact) mass is 357 g/mol. The predicted molar refractivity (Wildman–Crippen MR) is 99.8 cm³/mol. The number of nitrogens with zero attached hydrogens (tertiary/aromatic N) is 2. The molecule has 1 heterocycles. The summed E-state index contributed by atoms with van der Waals surface area (Å²) in [4.78, 5) is 23.8. The molecule has 1 atom stereocenters. The Hall–Kier alpha value is -2.63. The Labute approximate surface area is 154 Å². The molecule has 1 amide bonds. The molecule has 2 aromatic rings. The summed E-state index contributed by atoms with van der Waals surface area (Å²) in [5.41, 5.74) is 5.33. The van der Waals surface area contributed by atoms with Crippen LogP contribution in [0.25, 0.3) is 0 Å². The molecule has 6 heteroatoms.